The first-order valence-corrected chi connectivity index (χ1v) is 4.99. The van der Waals surface area contributed by atoms with Crippen LogP contribution in [0.25, 0.3) is 0 Å². The number of hydrogen-bond acceptors (Lipinski definition) is 3. The summed E-state index contributed by atoms with van der Waals surface area (Å²) < 4.78 is 5.72. The molecular formula is C9H18N2O. The second-order valence-electron chi connectivity index (χ2n) is 3.81. The van der Waals surface area contributed by atoms with Crippen LogP contribution in [0, 0.1) is 0 Å². The predicted molar refractivity (Wildman–Crippen MR) is 48.0 cm³/mol. The van der Waals surface area contributed by atoms with Crippen molar-refractivity contribution in [3.05, 3.63) is 0 Å². The van der Waals surface area contributed by atoms with E-state index in [1.807, 2.05) is 0 Å². The van der Waals surface area contributed by atoms with Gasteiger partial charge in [0.1, 0.15) is 0 Å². The molecule has 0 spiro atoms. The molecule has 0 aromatic heterocycles. The Labute approximate surface area is 73.7 Å². The zero-order valence-electron chi connectivity index (χ0n) is 7.46. The molecule has 0 aromatic carbocycles. The summed E-state index contributed by atoms with van der Waals surface area (Å²) in [5.74, 6) is 0. The molecule has 3 heteroatoms. The predicted octanol–water partition coefficient (Wildman–Crippen LogP) is 0.245. The molecule has 0 aromatic rings. The van der Waals surface area contributed by atoms with E-state index in [-0.39, 0.29) is 0 Å². The summed E-state index contributed by atoms with van der Waals surface area (Å²) in [4.78, 5) is 0. The quantitative estimate of drug-likeness (QED) is 0.594. The van der Waals surface area contributed by atoms with Gasteiger partial charge in [-0.2, -0.15) is 0 Å². The summed E-state index contributed by atoms with van der Waals surface area (Å²) in [6.45, 7) is 1.84. The smallest absolute Gasteiger partial charge is 0.0733 e. The van der Waals surface area contributed by atoms with Gasteiger partial charge in [-0.25, -0.2) is 0 Å². The van der Waals surface area contributed by atoms with E-state index < -0.39 is 0 Å². The Morgan fingerprint density at radius 2 is 2.33 bits per heavy atom. The lowest BCUT2D eigenvalue weighted by Crippen LogP contribution is -2.38. The zero-order chi connectivity index (χ0) is 8.39. The highest BCUT2D eigenvalue weighted by atomic mass is 16.5. The Kier molecular flexibility index (Phi) is 2.63. The lowest BCUT2D eigenvalue weighted by Gasteiger charge is -2.19. The van der Waals surface area contributed by atoms with Gasteiger partial charge < -0.3 is 15.8 Å². The minimum absolute atomic E-state index is 0.507. The molecule has 3 atom stereocenters. The van der Waals surface area contributed by atoms with Gasteiger partial charge in [0.2, 0.25) is 0 Å². The Morgan fingerprint density at radius 1 is 1.42 bits per heavy atom. The molecule has 3 nitrogen and oxygen atoms in total. The molecule has 70 valence electrons. The van der Waals surface area contributed by atoms with Crippen LogP contribution in [0.15, 0.2) is 0 Å². The summed E-state index contributed by atoms with van der Waals surface area (Å²) in [6.07, 6.45) is 5.89. The highest BCUT2D eigenvalue weighted by Crippen LogP contribution is 2.34. The summed E-state index contributed by atoms with van der Waals surface area (Å²) in [5, 5.41) is 3.51. The van der Waals surface area contributed by atoms with Crippen molar-refractivity contribution >= 4 is 0 Å². The van der Waals surface area contributed by atoms with Crippen molar-refractivity contribution in [1.29, 1.82) is 0 Å². The Morgan fingerprint density at radius 3 is 2.92 bits per heavy atom. The SMILES string of the molecule is NCCCNC1CC2CCC1O2. The molecule has 0 saturated carbocycles. The fraction of sp³-hybridized carbons (Fsp3) is 1.00. The van der Waals surface area contributed by atoms with Crippen LogP contribution >= 0.6 is 0 Å². The van der Waals surface area contributed by atoms with E-state index in [0.29, 0.717) is 18.2 Å². The molecule has 12 heavy (non-hydrogen) atoms. The van der Waals surface area contributed by atoms with Gasteiger partial charge in [0, 0.05) is 6.04 Å². The van der Waals surface area contributed by atoms with Gasteiger partial charge >= 0.3 is 0 Å². The first kappa shape index (κ1) is 8.48. The molecule has 0 radical (unpaired) electrons. The minimum atomic E-state index is 0.507. The van der Waals surface area contributed by atoms with E-state index in [9.17, 15) is 0 Å². The molecule has 0 amide bonds. The van der Waals surface area contributed by atoms with Crippen molar-refractivity contribution in [3.63, 3.8) is 0 Å². The van der Waals surface area contributed by atoms with Gasteiger partial charge in [0.05, 0.1) is 12.2 Å². The van der Waals surface area contributed by atoms with Crippen LogP contribution < -0.4 is 11.1 Å². The lowest BCUT2D eigenvalue weighted by atomic mass is 9.95. The van der Waals surface area contributed by atoms with Crippen LogP contribution in [0.3, 0.4) is 0 Å². The van der Waals surface area contributed by atoms with Crippen LogP contribution in [-0.4, -0.2) is 31.3 Å². The van der Waals surface area contributed by atoms with Crippen molar-refractivity contribution in [2.24, 2.45) is 5.73 Å². The van der Waals surface area contributed by atoms with Crippen LogP contribution in [0.2, 0.25) is 0 Å². The lowest BCUT2D eigenvalue weighted by molar-refractivity contribution is 0.0975. The van der Waals surface area contributed by atoms with Gasteiger partial charge in [-0.1, -0.05) is 0 Å². The maximum atomic E-state index is 5.72. The Balaban J connectivity index is 1.69. The highest BCUT2D eigenvalue weighted by molar-refractivity contribution is 4.93. The topological polar surface area (TPSA) is 47.3 Å². The number of rotatable bonds is 4. The second kappa shape index (κ2) is 3.73. The minimum Gasteiger partial charge on any atom is -0.373 e. The van der Waals surface area contributed by atoms with Crippen LogP contribution in [0.5, 0.6) is 0 Å². The number of nitrogens with one attached hydrogen (secondary N) is 1. The average Bonchev–Trinajstić information content (AvgIpc) is 2.65. The normalized spacial score (nSPS) is 39.2. The van der Waals surface area contributed by atoms with Crippen molar-refractivity contribution < 1.29 is 4.74 Å². The summed E-state index contributed by atoms with van der Waals surface area (Å²) in [5.41, 5.74) is 5.42. The Bertz CT molecular complexity index is 151. The first-order chi connectivity index (χ1) is 5.90. The highest BCUT2D eigenvalue weighted by Gasteiger charge is 2.40. The summed E-state index contributed by atoms with van der Waals surface area (Å²) in [6, 6.07) is 0.621. The third-order valence-electron chi connectivity index (χ3n) is 2.89. The number of ether oxygens (including phenoxy) is 1. The maximum absolute atomic E-state index is 5.72. The van der Waals surface area contributed by atoms with E-state index in [4.69, 9.17) is 10.5 Å². The van der Waals surface area contributed by atoms with Gasteiger partial charge in [0.15, 0.2) is 0 Å². The van der Waals surface area contributed by atoms with E-state index in [0.717, 1.165) is 19.5 Å². The number of fused-ring (bicyclic) bond motifs is 2. The zero-order valence-corrected chi connectivity index (χ0v) is 7.46. The molecular weight excluding hydrogens is 152 g/mol. The van der Waals surface area contributed by atoms with E-state index in [1.54, 1.807) is 0 Å². The number of nitrogens with two attached hydrogens (primary N) is 1. The molecule has 2 heterocycles. The molecule has 3 N–H and O–H groups in total. The molecule has 0 aliphatic carbocycles. The summed E-state index contributed by atoms with van der Waals surface area (Å²) in [7, 11) is 0. The van der Waals surface area contributed by atoms with Gasteiger partial charge in [-0.3, -0.25) is 0 Å². The van der Waals surface area contributed by atoms with Crippen LogP contribution in [0.4, 0.5) is 0 Å². The van der Waals surface area contributed by atoms with Crippen molar-refractivity contribution in [1.82, 2.24) is 5.32 Å². The standard InChI is InChI=1S/C9H18N2O/c10-4-1-5-11-8-6-7-2-3-9(8)12-7/h7-9,11H,1-6,10H2. The maximum Gasteiger partial charge on any atom is 0.0733 e. The first-order valence-electron chi connectivity index (χ1n) is 4.99. The number of hydrogen-bond donors (Lipinski definition) is 2. The molecule has 2 aliphatic heterocycles. The van der Waals surface area contributed by atoms with Gasteiger partial charge in [-0.05, 0) is 38.8 Å². The third-order valence-corrected chi connectivity index (χ3v) is 2.89. The fourth-order valence-corrected chi connectivity index (χ4v) is 2.24. The molecule has 3 unspecified atom stereocenters. The Hall–Kier alpha value is -0.120. The van der Waals surface area contributed by atoms with Gasteiger partial charge in [-0.15, -0.1) is 0 Å². The molecule has 2 rings (SSSR count). The molecule has 2 saturated heterocycles. The van der Waals surface area contributed by atoms with Crippen molar-refractivity contribution in [2.75, 3.05) is 13.1 Å². The fourth-order valence-electron chi connectivity index (χ4n) is 2.24. The van der Waals surface area contributed by atoms with Crippen molar-refractivity contribution in [2.45, 2.75) is 43.9 Å². The second-order valence-corrected chi connectivity index (χ2v) is 3.81. The van der Waals surface area contributed by atoms with E-state index in [2.05, 4.69) is 5.32 Å². The monoisotopic (exact) mass is 170 g/mol. The molecule has 2 aliphatic rings. The molecule has 2 bridgehead atoms. The van der Waals surface area contributed by atoms with Crippen molar-refractivity contribution in [3.8, 4) is 0 Å². The average molecular weight is 170 g/mol. The molecule has 2 fully saturated rings. The van der Waals surface area contributed by atoms with Crippen LogP contribution in [0.1, 0.15) is 25.7 Å². The van der Waals surface area contributed by atoms with E-state index in [1.165, 1.54) is 19.3 Å². The van der Waals surface area contributed by atoms with E-state index >= 15 is 0 Å². The third kappa shape index (κ3) is 1.63. The van der Waals surface area contributed by atoms with Crippen LogP contribution in [-0.2, 0) is 4.74 Å². The largest absolute Gasteiger partial charge is 0.373 e. The van der Waals surface area contributed by atoms with Gasteiger partial charge in [0.25, 0.3) is 0 Å². The summed E-state index contributed by atoms with van der Waals surface area (Å²) >= 11 is 0.